The molecule has 3 rings (SSSR count). The van der Waals surface area contributed by atoms with Crippen LogP contribution in [-0.2, 0) is 16.1 Å². The van der Waals surface area contributed by atoms with Crippen molar-refractivity contribution in [2.24, 2.45) is 0 Å². The molecule has 0 bridgehead atoms. The van der Waals surface area contributed by atoms with Crippen molar-refractivity contribution < 1.29 is 23.1 Å². The Morgan fingerprint density at radius 2 is 1.90 bits per heavy atom. The molecule has 3 aromatic rings. The van der Waals surface area contributed by atoms with Crippen molar-refractivity contribution in [2.45, 2.75) is 27.3 Å². The van der Waals surface area contributed by atoms with Gasteiger partial charge < -0.3 is 19.0 Å². The number of amides is 1. The molecule has 0 fully saturated rings. The summed E-state index contributed by atoms with van der Waals surface area (Å²) in [6.07, 6.45) is 1.36. The van der Waals surface area contributed by atoms with Crippen molar-refractivity contribution in [3.8, 4) is 6.07 Å². The molecule has 154 valence electrons. The second-order valence-electron chi connectivity index (χ2n) is 6.77. The first kappa shape index (κ1) is 20.9. The lowest BCUT2D eigenvalue weighted by Crippen LogP contribution is -2.23. The average Bonchev–Trinajstić information content (AvgIpc) is 3.24. The van der Waals surface area contributed by atoms with Crippen LogP contribution in [0.2, 0.25) is 0 Å². The molecule has 1 N–H and O–H groups in total. The van der Waals surface area contributed by atoms with Gasteiger partial charge in [0.15, 0.2) is 6.61 Å². The summed E-state index contributed by atoms with van der Waals surface area (Å²) in [7, 11) is 0. The summed E-state index contributed by atoms with van der Waals surface area (Å²) < 4.78 is 25.1. The molecule has 0 aliphatic carbocycles. The minimum absolute atomic E-state index is 0.242. The number of hydrogen-bond donors (Lipinski definition) is 1. The second-order valence-corrected chi connectivity index (χ2v) is 6.77. The van der Waals surface area contributed by atoms with Gasteiger partial charge in [-0.3, -0.25) is 4.79 Å². The fourth-order valence-corrected chi connectivity index (χ4v) is 3.07. The van der Waals surface area contributed by atoms with Crippen molar-refractivity contribution in [3.63, 3.8) is 0 Å². The summed E-state index contributed by atoms with van der Waals surface area (Å²) in [5.74, 6) is -0.908. The predicted molar refractivity (Wildman–Crippen MR) is 106 cm³/mol. The number of aromatic nitrogens is 1. The Morgan fingerprint density at radius 3 is 2.50 bits per heavy atom. The molecule has 2 heterocycles. The highest BCUT2D eigenvalue weighted by Gasteiger charge is 2.21. The monoisotopic (exact) mass is 409 g/mol. The smallest absolute Gasteiger partial charge is 0.342 e. The second kappa shape index (κ2) is 8.66. The lowest BCUT2D eigenvalue weighted by Gasteiger charge is -2.13. The molecular formula is C22H20FN3O4. The molecule has 0 radical (unpaired) electrons. The van der Waals surface area contributed by atoms with Gasteiger partial charge in [-0.1, -0.05) is 12.1 Å². The number of aryl methyl sites for hydroxylation is 1. The molecule has 8 heteroatoms. The van der Waals surface area contributed by atoms with Crippen molar-refractivity contribution in [2.75, 3.05) is 11.9 Å². The van der Waals surface area contributed by atoms with Gasteiger partial charge >= 0.3 is 5.97 Å². The molecule has 30 heavy (non-hydrogen) atoms. The van der Waals surface area contributed by atoms with Gasteiger partial charge in [0.1, 0.15) is 29.0 Å². The maximum Gasteiger partial charge on any atom is 0.342 e. The van der Waals surface area contributed by atoms with Crippen LogP contribution in [0.3, 0.4) is 0 Å². The fourth-order valence-electron chi connectivity index (χ4n) is 3.07. The van der Waals surface area contributed by atoms with Gasteiger partial charge in [0.2, 0.25) is 0 Å². The molecule has 1 aromatic carbocycles. The summed E-state index contributed by atoms with van der Waals surface area (Å²) in [5.41, 5.74) is 2.88. The first-order chi connectivity index (χ1) is 14.3. The van der Waals surface area contributed by atoms with E-state index in [1.165, 1.54) is 24.5 Å². The number of rotatable bonds is 6. The van der Waals surface area contributed by atoms with Crippen molar-refractivity contribution in [3.05, 3.63) is 76.1 Å². The molecule has 7 nitrogen and oxygen atoms in total. The van der Waals surface area contributed by atoms with Crippen molar-refractivity contribution in [1.82, 2.24) is 4.57 Å². The number of nitrogens with zero attached hydrogens (tertiary/aromatic N) is 2. The number of esters is 1. The first-order valence-corrected chi connectivity index (χ1v) is 9.17. The van der Waals surface area contributed by atoms with Crippen LogP contribution in [0.5, 0.6) is 0 Å². The van der Waals surface area contributed by atoms with Crippen LogP contribution in [0.1, 0.15) is 38.5 Å². The number of anilines is 1. The van der Waals surface area contributed by atoms with Crippen LogP contribution in [0.4, 0.5) is 10.2 Å². The van der Waals surface area contributed by atoms with Crippen LogP contribution < -0.4 is 5.32 Å². The number of hydrogen-bond acceptors (Lipinski definition) is 5. The Morgan fingerprint density at radius 1 is 1.20 bits per heavy atom. The Hall–Kier alpha value is -3.86. The lowest BCUT2D eigenvalue weighted by atomic mass is 10.2. The Kier molecular flexibility index (Phi) is 6.02. The average molecular weight is 409 g/mol. The van der Waals surface area contributed by atoms with Gasteiger partial charge in [-0.15, -0.1) is 0 Å². The molecule has 2 aromatic heterocycles. The zero-order valence-electron chi connectivity index (χ0n) is 16.8. The third kappa shape index (κ3) is 4.25. The van der Waals surface area contributed by atoms with Crippen molar-refractivity contribution >= 4 is 17.7 Å². The maximum absolute atomic E-state index is 13.2. The molecule has 0 aliphatic heterocycles. The van der Waals surface area contributed by atoms with E-state index in [9.17, 15) is 19.2 Å². The van der Waals surface area contributed by atoms with Gasteiger partial charge in [0, 0.05) is 12.2 Å². The van der Waals surface area contributed by atoms with Crippen LogP contribution >= 0.6 is 0 Å². The normalized spacial score (nSPS) is 10.5. The Labute approximate surface area is 172 Å². The third-order valence-electron chi connectivity index (χ3n) is 4.87. The zero-order chi connectivity index (χ0) is 21.8. The van der Waals surface area contributed by atoms with E-state index in [4.69, 9.17) is 9.15 Å². The number of carbonyl (C=O) groups is 2. The highest BCUT2D eigenvalue weighted by Crippen LogP contribution is 2.27. The molecule has 0 aliphatic rings. The summed E-state index contributed by atoms with van der Waals surface area (Å²) in [6.45, 7) is 5.04. The van der Waals surface area contributed by atoms with Gasteiger partial charge in [-0.25, -0.2) is 9.18 Å². The molecule has 0 atom stereocenters. The van der Waals surface area contributed by atoms with Crippen molar-refractivity contribution in [1.29, 1.82) is 5.26 Å². The quantitative estimate of drug-likeness (QED) is 0.624. The number of carbonyl (C=O) groups excluding carboxylic acids is 2. The summed E-state index contributed by atoms with van der Waals surface area (Å²) in [5, 5.41) is 12.2. The minimum Gasteiger partial charge on any atom is -0.469 e. The summed E-state index contributed by atoms with van der Waals surface area (Å²) in [4.78, 5) is 24.5. The molecule has 0 unspecified atom stereocenters. The van der Waals surface area contributed by atoms with Gasteiger partial charge in [-0.05, 0) is 50.1 Å². The van der Waals surface area contributed by atoms with E-state index in [2.05, 4.69) is 11.4 Å². The van der Waals surface area contributed by atoms with Crippen LogP contribution in [0.15, 0.2) is 41.0 Å². The Balaban J connectivity index is 1.78. The maximum atomic E-state index is 13.2. The predicted octanol–water partition coefficient (Wildman–Crippen LogP) is 3.86. The fraction of sp³-hybridized carbons (Fsp3) is 0.227. The van der Waals surface area contributed by atoms with E-state index < -0.39 is 18.5 Å². The number of nitriles is 1. The molecule has 0 saturated carbocycles. The topological polar surface area (TPSA) is 97.3 Å². The van der Waals surface area contributed by atoms with Crippen LogP contribution in [0.25, 0.3) is 0 Å². The summed E-state index contributed by atoms with van der Waals surface area (Å²) in [6, 6.07) is 9.54. The lowest BCUT2D eigenvalue weighted by molar-refractivity contribution is -0.119. The Bertz CT molecular complexity index is 1140. The van der Waals surface area contributed by atoms with Crippen LogP contribution in [0, 0.1) is 37.9 Å². The highest BCUT2D eigenvalue weighted by atomic mass is 19.1. The van der Waals surface area contributed by atoms with E-state index in [-0.39, 0.29) is 11.4 Å². The number of halogens is 1. The summed E-state index contributed by atoms with van der Waals surface area (Å²) >= 11 is 0. The molecule has 0 spiro atoms. The number of ether oxygens (including phenoxy) is 1. The van der Waals surface area contributed by atoms with E-state index in [1.807, 2.05) is 6.92 Å². The molecule has 1 amide bonds. The van der Waals surface area contributed by atoms with Gasteiger partial charge in [0.25, 0.3) is 5.91 Å². The van der Waals surface area contributed by atoms with Gasteiger partial charge in [0.05, 0.1) is 11.8 Å². The largest absolute Gasteiger partial charge is 0.469 e. The third-order valence-corrected chi connectivity index (χ3v) is 4.87. The molecule has 0 saturated heterocycles. The zero-order valence-corrected chi connectivity index (χ0v) is 16.8. The van der Waals surface area contributed by atoms with E-state index in [0.717, 1.165) is 16.8 Å². The van der Waals surface area contributed by atoms with E-state index >= 15 is 0 Å². The van der Waals surface area contributed by atoms with E-state index in [0.29, 0.717) is 23.7 Å². The number of nitrogens with one attached hydrogen (secondary N) is 1. The SMILES string of the molecule is Cc1occc1C(=O)OCC(=O)Nc1c(C#N)c(C)c(C)n1Cc1ccc(F)cc1. The number of benzene rings is 1. The number of furan rings is 1. The standard InChI is InChI=1S/C22H20FN3O4/c1-13-14(2)26(11-16-4-6-17(23)7-5-16)21(19(13)10-24)25-20(27)12-30-22(28)18-8-9-29-15(18)3/h4-9H,11-12H2,1-3H3,(H,25,27). The highest BCUT2D eigenvalue weighted by molar-refractivity contribution is 5.96. The van der Waals surface area contributed by atoms with E-state index in [1.54, 1.807) is 30.5 Å². The van der Waals surface area contributed by atoms with Crippen LogP contribution in [-0.4, -0.2) is 23.1 Å². The first-order valence-electron chi connectivity index (χ1n) is 9.17. The van der Waals surface area contributed by atoms with Gasteiger partial charge in [-0.2, -0.15) is 5.26 Å². The molecular weight excluding hydrogens is 389 g/mol. The minimum atomic E-state index is -0.675.